The number of nitrogens with zero attached hydrogens (tertiary/aromatic N) is 1. The van der Waals surface area contributed by atoms with Crippen LogP contribution >= 0.6 is 0 Å². The molecule has 0 radical (unpaired) electrons. The van der Waals surface area contributed by atoms with Gasteiger partial charge in [0.1, 0.15) is 5.69 Å². The van der Waals surface area contributed by atoms with Crippen molar-refractivity contribution in [2.75, 3.05) is 5.32 Å². The highest BCUT2D eigenvalue weighted by atomic mass is 32.2. The second-order valence-corrected chi connectivity index (χ2v) is 7.19. The molecule has 1 fully saturated rings. The molecular formula is C13H16F2N2O4S. The Hall–Kier alpha value is -1.77. The van der Waals surface area contributed by atoms with E-state index in [4.69, 9.17) is 0 Å². The Morgan fingerprint density at radius 1 is 1.45 bits per heavy atom. The third-order valence-corrected chi connectivity index (χ3v) is 5.03. The molecule has 1 saturated carbocycles. The molecule has 0 saturated heterocycles. The molecule has 0 aromatic heterocycles. The summed E-state index contributed by atoms with van der Waals surface area (Å²) >= 11 is 0. The van der Waals surface area contributed by atoms with Gasteiger partial charge in [-0.1, -0.05) is 13.3 Å². The molecule has 6 nitrogen and oxygen atoms in total. The van der Waals surface area contributed by atoms with Gasteiger partial charge in [-0.25, -0.2) is 8.42 Å². The van der Waals surface area contributed by atoms with Gasteiger partial charge in [-0.15, -0.1) is 0 Å². The average Bonchev–Trinajstić information content (AvgIpc) is 3.16. The highest BCUT2D eigenvalue weighted by Gasteiger charge is 2.37. The lowest BCUT2D eigenvalue weighted by molar-refractivity contribution is -0.384. The summed E-state index contributed by atoms with van der Waals surface area (Å²) in [5.41, 5.74) is -0.356. The van der Waals surface area contributed by atoms with E-state index in [1.807, 2.05) is 6.92 Å². The Labute approximate surface area is 126 Å². The summed E-state index contributed by atoms with van der Waals surface area (Å²) in [4.78, 5) is 9.54. The van der Waals surface area contributed by atoms with Crippen molar-refractivity contribution < 1.29 is 22.1 Å². The Kier molecular flexibility index (Phi) is 4.64. The molecule has 1 aromatic rings. The third-order valence-electron chi connectivity index (χ3n) is 3.65. The van der Waals surface area contributed by atoms with E-state index in [1.165, 1.54) is 6.07 Å². The van der Waals surface area contributed by atoms with Crippen molar-refractivity contribution in [3.8, 4) is 0 Å². The van der Waals surface area contributed by atoms with Crippen LogP contribution in [0, 0.1) is 16.0 Å². The van der Waals surface area contributed by atoms with E-state index in [9.17, 15) is 27.3 Å². The number of nitro benzene ring substituents is 1. The minimum absolute atomic E-state index is 0.108. The number of rotatable bonds is 7. The van der Waals surface area contributed by atoms with Crippen LogP contribution < -0.4 is 5.32 Å². The van der Waals surface area contributed by atoms with E-state index >= 15 is 0 Å². The quantitative estimate of drug-likeness (QED) is 0.611. The minimum atomic E-state index is -4.85. The second kappa shape index (κ2) is 6.15. The van der Waals surface area contributed by atoms with Crippen LogP contribution in [0.15, 0.2) is 23.1 Å². The summed E-state index contributed by atoms with van der Waals surface area (Å²) in [6.45, 7) is 2.04. The lowest BCUT2D eigenvalue weighted by Crippen LogP contribution is -2.13. The first-order valence-electron chi connectivity index (χ1n) is 6.84. The maximum Gasteiger partial charge on any atom is 0.341 e. The van der Waals surface area contributed by atoms with Gasteiger partial charge in [0, 0.05) is 12.1 Å². The van der Waals surface area contributed by atoms with E-state index in [1.54, 1.807) is 0 Å². The maximum atomic E-state index is 12.5. The van der Waals surface area contributed by atoms with Gasteiger partial charge in [0.2, 0.25) is 9.84 Å². The Morgan fingerprint density at radius 2 is 2.14 bits per heavy atom. The summed E-state index contributed by atoms with van der Waals surface area (Å²) in [7, 11) is -4.85. The van der Waals surface area contributed by atoms with Gasteiger partial charge < -0.3 is 5.32 Å². The Bertz CT molecular complexity index is 679. The van der Waals surface area contributed by atoms with Gasteiger partial charge in [-0.3, -0.25) is 10.1 Å². The number of alkyl halides is 2. The van der Waals surface area contributed by atoms with E-state index in [-0.39, 0.29) is 11.7 Å². The van der Waals surface area contributed by atoms with Crippen LogP contribution in [0.1, 0.15) is 26.2 Å². The van der Waals surface area contributed by atoms with Crippen molar-refractivity contribution in [2.45, 2.75) is 42.9 Å². The average molecular weight is 334 g/mol. The largest absolute Gasteiger partial charge is 0.376 e. The molecule has 2 atom stereocenters. The summed E-state index contributed by atoms with van der Waals surface area (Å²) in [5, 5.41) is 14.0. The van der Waals surface area contributed by atoms with Crippen molar-refractivity contribution in [1.29, 1.82) is 0 Å². The van der Waals surface area contributed by atoms with Crippen molar-refractivity contribution in [2.24, 2.45) is 5.92 Å². The molecule has 0 amide bonds. The molecule has 122 valence electrons. The monoisotopic (exact) mass is 334 g/mol. The van der Waals surface area contributed by atoms with Gasteiger partial charge in [0.15, 0.2) is 0 Å². The van der Waals surface area contributed by atoms with Crippen LogP contribution in [-0.4, -0.2) is 25.1 Å². The first kappa shape index (κ1) is 16.6. The molecule has 2 rings (SSSR count). The van der Waals surface area contributed by atoms with Gasteiger partial charge in [-0.2, -0.15) is 8.78 Å². The lowest BCUT2D eigenvalue weighted by atomic mass is 10.2. The van der Waals surface area contributed by atoms with Gasteiger partial charge >= 0.3 is 5.76 Å². The molecule has 9 heteroatoms. The van der Waals surface area contributed by atoms with E-state index in [2.05, 4.69) is 5.32 Å². The number of nitro groups is 1. The van der Waals surface area contributed by atoms with Gasteiger partial charge in [0.25, 0.3) is 5.69 Å². The summed E-state index contributed by atoms with van der Waals surface area (Å²) in [6.07, 6.45) is 2.90. The normalized spacial score (nSPS) is 20.9. The minimum Gasteiger partial charge on any atom is -0.376 e. The number of hydrogen-bond donors (Lipinski definition) is 1. The maximum absolute atomic E-state index is 12.5. The van der Waals surface area contributed by atoms with Crippen LogP contribution in [-0.2, 0) is 9.84 Å². The van der Waals surface area contributed by atoms with E-state index in [0.717, 1.165) is 25.3 Å². The number of sulfone groups is 1. The molecule has 1 N–H and O–H groups in total. The lowest BCUT2D eigenvalue weighted by Gasteiger charge is -2.09. The van der Waals surface area contributed by atoms with E-state index < -0.39 is 31.1 Å². The highest BCUT2D eigenvalue weighted by molar-refractivity contribution is 7.91. The first-order valence-corrected chi connectivity index (χ1v) is 8.39. The molecule has 22 heavy (non-hydrogen) atoms. The van der Waals surface area contributed by atoms with Crippen molar-refractivity contribution >= 4 is 21.2 Å². The molecule has 1 aromatic carbocycles. The van der Waals surface area contributed by atoms with Crippen LogP contribution in [0.25, 0.3) is 0 Å². The number of hydrogen-bond acceptors (Lipinski definition) is 5. The predicted octanol–water partition coefficient (Wildman–Crippen LogP) is 3.19. The summed E-state index contributed by atoms with van der Waals surface area (Å²) in [6, 6.07) is 2.93. The summed E-state index contributed by atoms with van der Waals surface area (Å²) < 4.78 is 47.8. The van der Waals surface area contributed by atoms with Gasteiger partial charge in [-0.05, 0) is 30.9 Å². The fraction of sp³-hybridized carbons (Fsp3) is 0.538. The van der Waals surface area contributed by atoms with Crippen molar-refractivity contribution in [3.05, 3.63) is 28.3 Å². The van der Waals surface area contributed by atoms with Crippen LogP contribution in [0.2, 0.25) is 0 Å². The van der Waals surface area contributed by atoms with Crippen LogP contribution in [0.3, 0.4) is 0 Å². The fourth-order valence-corrected chi connectivity index (χ4v) is 3.12. The molecular weight excluding hydrogens is 318 g/mol. The molecule has 0 aliphatic heterocycles. The zero-order valence-electron chi connectivity index (χ0n) is 11.8. The number of nitrogens with one attached hydrogen (secondary N) is 1. The van der Waals surface area contributed by atoms with Gasteiger partial charge in [0.05, 0.1) is 9.82 Å². The molecule has 0 spiro atoms. The smallest absolute Gasteiger partial charge is 0.341 e. The SMILES string of the molecule is CCCC1CC1Nc1ccc(S(=O)(=O)C(F)F)cc1[N+](=O)[O-]. The fourth-order valence-electron chi connectivity index (χ4n) is 2.38. The number of halogens is 2. The standard InChI is InChI=1S/C13H16F2N2O4S/c1-2-3-8-6-11(8)16-10-5-4-9(7-12(10)17(18)19)22(20,21)13(14)15/h4-5,7-8,11,13,16H,2-3,6H2,1H3. The van der Waals surface area contributed by atoms with Crippen LogP contribution in [0.5, 0.6) is 0 Å². The number of benzene rings is 1. The number of anilines is 1. The molecule has 1 aliphatic rings. The second-order valence-electron chi connectivity index (χ2n) is 5.28. The summed E-state index contributed by atoms with van der Waals surface area (Å²) in [5.74, 6) is -3.17. The van der Waals surface area contributed by atoms with Crippen molar-refractivity contribution in [3.63, 3.8) is 0 Å². The molecule has 0 heterocycles. The molecule has 2 unspecified atom stereocenters. The molecule has 1 aliphatic carbocycles. The van der Waals surface area contributed by atoms with Crippen molar-refractivity contribution in [1.82, 2.24) is 0 Å². The Morgan fingerprint density at radius 3 is 2.68 bits per heavy atom. The Balaban J connectivity index is 2.27. The predicted molar refractivity (Wildman–Crippen MR) is 76.7 cm³/mol. The first-order chi connectivity index (χ1) is 10.3. The molecule has 0 bridgehead atoms. The van der Waals surface area contributed by atoms with E-state index in [0.29, 0.717) is 12.0 Å². The highest BCUT2D eigenvalue weighted by Crippen LogP contribution is 2.39. The third kappa shape index (κ3) is 3.34. The van der Waals surface area contributed by atoms with Crippen LogP contribution in [0.4, 0.5) is 20.2 Å². The topological polar surface area (TPSA) is 89.3 Å². The zero-order valence-corrected chi connectivity index (χ0v) is 12.6. The zero-order chi connectivity index (χ0) is 16.5.